The Bertz CT molecular complexity index is 1440. The molecule has 0 aliphatic heterocycles. The van der Waals surface area contributed by atoms with Gasteiger partial charge in [-0.25, -0.2) is 14.3 Å². The maximum atomic E-state index is 13.0. The minimum absolute atomic E-state index is 0.0654. The van der Waals surface area contributed by atoms with Crippen molar-refractivity contribution in [3.05, 3.63) is 80.6 Å². The van der Waals surface area contributed by atoms with Crippen LogP contribution < -0.4 is 15.9 Å². The molecule has 8 heteroatoms. The number of unbranched alkanes of at least 4 members (excludes halogenated alkanes) is 2. The lowest BCUT2D eigenvalue weighted by atomic mass is 10.1. The van der Waals surface area contributed by atoms with Gasteiger partial charge in [0.2, 0.25) is 0 Å². The van der Waals surface area contributed by atoms with Crippen LogP contribution in [0.3, 0.4) is 0 Å². The lowest BCUT2D eigenvalue weighted by Gasteiger charge is -2.11. The van der Waals surface area contributed by atoms with E-state index in [1.165, 1.54) is 17.9 Å². The van der Waals surface area contributed by atoms with E-state index in [1.807, 2.05) is 0 Å². The van der Waals surface area contributed by atoms with Crippen LogP contribution in [-0.2, 0) is 17.9 Å². The molecule has 2 heterocycles. The van der Waals surface area contributed by atoms with Crippen molar-refractivity contribution in [3.63, 3.8) is 0 Å². The van der Waals surface area contributed by atoms with Gasteiger partial charge in [0.1, 0.15) is 17.9 Å². The topological polar surface area (TPSA) is 101 Å². The maximum Gasteiger partial charge on any atom is 0.359 e. The third-order valence-corrected chi connectivity index (χ3v) is 5.43. The summed E-state index contributed by atoms with van der Waals surface area (Å²) in [5.41, 5.74) is 0.100. The van der Waals surface area contributed by atoms with E-state index >= 15 is 0 Å². The van der Waals surface area contributed by atoms with Crippen LogP contribution in [0.5, 0.6) is 5.75 Å². The van der Waals surface area contributed by atoms with Gasteiger partial charge in [0.25, 0.3) is 5.56 Å². The van der Waals surface area contributed by atoms with Gasteiger partial charge >= 0.3 is 11.6 Å². The molecular weight excluding hydrogens is 424 g/mol. The molecule has 2 aromatic heterocycles. The predicted molar refractivity (Wildman–Crippen MR) is 124 cm³/mol. The Labute approximate surface area is 189 Å². The van der Waals surface area contributed by atoms with Gasteiger partial charge in [-0.3, -0.25) is 4.79 Å². The van der Waals surface area contributed by atoms with E-state index in [9.17, 15) is 14.4 Å². The fraction of sp³-hybridized carbons (Fsp3) is 0.280. The fourth-order valence-electron chi connectivity index (χ4n) is 3.72. The van der Waals surface area contributed by atoms with Gasteiger partial charge < -0.3 is 13.9 Å². The molecule has 0 saturated heterocycles. The van der Waals surface area contributed by atoms with Crippen LogP contribution in [-0.4, -0.2) is 22.9 Å². The van der Waals surface area contributed by atoms with Crippen LogP contribution in [0.4, 0.5) is 0 Å². The first-order valence-corrected chi connectivity index (χ1v) is 10.8. The number of rotatable bonds is 8. The second-order valence-corrected chi connectivity index (χ2v) is 7.66. The first-order chi connectivity index (χ1) is 16.0. The summed E-state index contributed by atoms with van der Waals surface area (Å²) in [7, 11) is 1.52. The zero-order chi connectivity index (χ0) is 23.4. The number of carbonyl (C=O) groups excluding carboxylic acids is 1. The van der Waals surface area contributed by atoms with Crippen molar-refractivity contribution < 1.29 is 18.7 Å². The molecular formula is C25H24N2O6. The molecule has 0 saturated carbocycles. The molecule has 4 rings (SSSR count). The molecule has 0 bridgehead atoms. The highest BCUT2D eigenvalue weighted by molar-refractivity contribution is 6.02. The average Bonchev–Trinajstić information content (AvgIpc) is 2.83. The molecule has 8 nitrogen and oxygen atoms in total. The highest BCUT2D eigenvalue weighted by Crippen LogP contribution is 2.23. The summed E-state index contributed by atoms with van der Waals surface area (Å²) in [4.78, 5) is 37.8. The zero-order valence-corrected chi connectivity index (χ0v) is 18.5. The summed E-state index contributed by atoms with van der Waals surface area (Å²) in [6.45, 7) is 2.34. The summed E-state index contributed by atoms with van der Waals surface area (Å²) < 4.78 is 17.3. The number of benzene rings is 2. The van der Waals surface area contributed by atoms with E-state index < -0.39 is 11.6 Å². The van der Waals surface area contributed by atoms with Gasteiger partial charge in [-0.2, -0.15) is 5.10 Å². The lowest BCUT2D eigenvalue weighted by molar-refractivity contribution is 0.0466. The van der Waals surface area contributed by atoms with Crippen LogP contribution in [0.1, 0.15) is 42.2 Å². The number of aromatic nitrogens is 2. The maximum absolute atomic E-state index is 13.0. The Balaban J connectivity index is 1.67. The van der Waals surface area contributed by atoms with Crippen LogP contribution in [0.25, 0.3) is 21.7 Å². The molecule has 2 aromatic carbocycles. The van der Waals surface area contributed by atoms with Crippen LogP contribution in [0, 0.1) is 0 Å². The number of esters is 1. The molecule has 0 unspecified atom stereocenters. The number of fused-ring (bicyclic) bond motifs is 2. The molecule has 0 amide bonds. The van der Waals surface area contributed by atoms with Crippen LogP contribution in [0.2, 0.25) is 0 Å². The zero-order valence-electron chi connectivity index (χ0n) is 18.5. The number of hydrogen-bond acceptors (Lipinski definition) is 7. The van der Waals surface area contributed by atoms with E-state index in [0.29, 0.717) is 39.6 Å². The van der Waals surface area contributed by atoms with Crippen molar-refractivity contribution in [2.45, 2.75) is 39.3 Å². The Morgan fingerprint density at radius 2 is 1.82 bits per heavy atom. The molecule has 0 radical (unpaired) electrons. The first-order valence-electron chi connectivity index (χ1n) is 10.8. The van der Waals surface area contributed by atoms with Crippen LogP contribution >= 0.6 is 0 Å². The van der Waals surface area contributed by atoms with E-state index in [-0.39, 0.29) is 17.9 Å². The Hall–Kier alpha value is -3.94. The van der Waals surface area contributed by atoms with E-state index in [4.69, 9.17) is 13.9 Å². The second kappa shape index (κ2) is 9.68. The third kappa shape index (κ3) is 4.64. The van der Waals surface area contributed by atoms with Gasteiger partial charge in [-0.1, -0.05) is 38.0 Å². The molecule has 0 aliphatic rings. The predicted octanol–water partition coefficient (Wildman–Crippen LogP) is 4.06. The number of carbonyl (C=O) groups is 1. The third-order valence-electron chi connectivity index (χ3n) is 5.43. The molecule has 0 fully saturated rings. The number of methoxy groups -OCH3 is 1. The second-order valence-electron chi connectivity index (χ2n) is 7.66. The molecule has 0 atom stereocenters. The summed E-state index contributed by atoms with van der Waals surface area (Å²) >= 11 is 0. The van der Waals surface area contributed by atoms with E-state index in [0.717, 1.165) is 19.3 Å². The quantitative estimate of drug-likeness (QED) is 0.228. The van der Waals surface area contributed by atoms with Crippen molar-refractivity contribution in [1.29, 1.82) is 0 Å². The monoisotopic (exact) mass is 448 g/mol. The molecule has 33 heavy (non-hydrogen) atoms. The van der Waals surface area contributed by atoms with Crippen molar-refractivity contribution in [1.82, 2.24) is 9.78 Å². The summed E-state index contributed by atoms with van der Waals surface area (Å²) in [5.74, 6) is -0.133. The smallest absolute Gasteiger partial charge is 0.359 e. The molecule has 170 valence electrons. The Morgan fingerprint density at radius 3 is 2.58 bits per heavy atom. The van der Waals surface area contributed by atoms with E-state index in [1.54, 1.807) is 42.5 Å². The minimum Gasteiger partial charge on any atom is -0.497 e. The van der Waals surface area contributed by atoms with Crippen LogP contribution in [0.15, 0.2) is 62.5 Å². The summed E-state index contributed by atoms with van der Waals surface area (Å²) in [6, 6.07) is 13.2. The fourth-order valence-corrected chi connectivity index (χ4v) is 3.72. The van der Waals surface area contributed by atoms with Crippen molar-refractivity contribution in [2.24, 2.45) is 0 Å². The van der Waals surface area contributed by atoms with Crippen molar-refractivity contribution >= 4 is 27.7 Å². The van der Waals surface area contributed by atoms with Crippen molar-refractivity contribution in [2.75, 3.05) is 7.11 Å². The number of hydrogen-bond donors (Lipinski definition) is 0. The number of nitrogens with zero attached hydrogens (tertiary/aromatic N) is 2. The highest BCUT2D eigenvalue weighted by Gasteiger charge is 2.19. The summed E-state index contributed by atoms with van der Waals surface area (Å²) in [5, 5.41) is 5.79. The standard InChI is InChI=1S/C25H24N2O6/c1-3-4-7-12-27-24(29)20-9-6-5-8-19(20)23(26-27)25(30)32-15-16-13-22(28)33-21-14-17(31-2)10-11-18(16)21/h5-6,8-11,13-14H,3-4,7,12,15H2,1-2H3. The minimum atomic E-state index is -0.676. The number of aryl methyl sites for hydroxylation is 1. The average molecular weight is 448 g/mol. The Kier molecular flexibility index (Phi) is 6.53. The number of ether oxygens (including phenoxy) is 2. The normalized spacial score (nSPS) is 11.1. The van der Waals surface area contributed by atoms with Gasteiger partial charge in [-0.05, 0) is 24.6 Å². The van der Waals surface area contributed by atoms with Gasteiger partial charge in [0, 0.05) is 35.0 Å². The SMILES string of the molecule is CCCCCn1nc(C(=O)OCc2cc(=O)oc3cc(OC)ccc23)c2ccccc2c1=O. The highest BCUT2D eigenvalue weighted by atomic mass is 16.5. The van der Waals surface area contributed by atoms with Crippen molar-refractivity contribution in [3.8, 4) is 5.75 Å². The van der Waals surface area contributed by atoms with Gasteiger partial charge in [0.05, 0.1) is 12.5 Å². The molecule has 0 aliphatic carbocycles. The molecule has 0 N–H and O–H groups in total. The van der Waals surface area contributed by atoms with E-state index in [2.05, 4.69) is 12.0 Å². The summed E-state index contributed by atoms with van der Waals surface area (Å²) in [6.07, 6.45) is 2.74. The largest absolute Gasteiger partial charge is 0.497 e. The first kappa shape index (κ1) is 22.3. The molecule has 0 spiro atoms. The lowest BCUT2D eigenvalue weighted by Crippen LogP contribution is -2.26. The van der Waals surface area contributed by atoms with Gasteiger partial charge in [-0.15, -0.1) is 0 Å². The van der Waals surface area contributed by atoms with Gasteiger partial charge in [0.15, 0.2) is 5.69 Å². The molecule has 4 aromatic rings. The Morgan fingerprint density at radius 1 is 1.03 bits per heavy atom.